The highest BCUT2D eigenvalue weighted by atomic mass is 16.5. The summed E-state index contributed by atoms with van der Waals surface area (Å²) in [5.74, 6) is 0.560. The third kappa shape index (κ3) is 2.20. The van der Waals surface area contributed by atoms with Crippen molar-refractivity contribution in [1.82, 2.24) is 4.90 Å². The van der Waals surface area contributed by atoms with E-state index in [1.54, 1.807) is 0 Å². The maximum absolute atomic E-state index is 12.6. The van der Waals surface area contributed by atoms with Crippen LogP contribution < -0.4 is 4.90 Å². The van der Waals surface area contributed by atoms with E-state index in [9.17, 15) is 9.59 Å². The van der Waals surface area contributed by atoms with Gasteiger partial charge in [-0.25, -0.2) is 0 Å². The molecule has 0 radical (unpaired) electrons. The number of fused-ring (bicyclic) bond motifs is 1. The van der Waals surface area contributed by atoms with Gasteiger partial charge >= 0.3 is 0 Å². The number of para-hydroxylation sites is 1. The van der Waals surface area contributed by atoms with Gasteiger partial charge in [-0.2, -0.15) is 0 Å². The average molecular weight is 300 g/mol. The highest BCUT2D eigenvalue weighted by Gasteiger charge is 2.48. The Bertz CT molecular complexity index is 583. The van der Waals surface area contributed by atoms with Crippen molar-refractivity contribution in [3.8, 4) is 0 Å². The van der Waals surface area contributed by atoms with E-state index in [-0.39, 0.29) is 29.6 Å². The van der Waals surface area contributed by atoms with E-state index in [2.05, 4.69) is 0 Å². The summed E-state index contributed by atoms with van der Waals surface area (Å²) in [6, 6.07) is 9.80. The number of carbonyl (C=O) groups is 2. The normalized spacial score (nSPS) is 30.9. The summed E-state index contributed by atoms with van der Waals surface area (Å²) >= 11 is 0. The standard InChI is InChI=1S/C17H20N2O3/c20-16(12-6-7-22-11-12)18-8-13-9-19(17(21)15(13)10-18)14-4-2-1-3-5-14/h1-5,12-13,15H,6-11H2/t12-,13+,15+/m1/s1. The summed E-state index contributed by atoms with van der Waals surface area (Å²) in [5, 5.41) is 0. The molecule has 0 aromatic heterocycles. The number of likely N-dealkylation sites (tertiary alicyclic amines) is 1. The van der Waals surface area contributed by atoms with Crippen molar-refractivity contribution in [2.75, 3.05) is 37.7 Å². The van der Waals surface area contributed by atoms with Crippen LogP contribution in [-0.2, 0) is 14.3 Å². The van der Waals surface area contributed by atoms with Crippen molar-refractivity contribution < 1.29 is 14.3 Å². The molecule has 1 aromatic rings. The zero-order valence-electron chi connectivity index (χ0n) is 12.5. The second kappa shape index (κ2) is 5.39. The van der Waals surface area contributed by atoms with E-state index in [0.29, 0.717) is 26.3 Å². The molecule has 3 heterocycles. The van der Waals surface area contributed by atoms with Crippen molar-refractivity contribution in [3.05, 3.63) is 30.3 Å². The molecule has 0 saturated carbocycles. The predicted octanol–water partition coefficient (Wildman–Crippen LogP) is 1.14. The van der Waals surface area contributed by atoms with E-state index >= 15 is 0 Å². The van der Waals surface area contributed by atoms with Crippen LogP contribution in [0, 0.1) is 17.8 Å². The molecule has 3 fully saturated rings. The van der Waals surface area contributed by atoms with Gasteiger partial charge < -0.3 is 14.5 Å². The second-order valence-corrected chi connectivity index (χ2v) is 6.45. The molecule has 3 aliphatic rings. The SMILES string of the molecule is O=C([C@@H]1CCOC1)N1C[C@H]2CN(c3ccccc3)C(=O)[C@H]2C1. The monoisotopic (exact) mass is 300 g/mol. The fourth-order valence-electron chi connectivity index (χ4n) is 3.87. The highest BCUT2D eigenvalue weighted by Crippen LogP contribution is 2.36. The molecule has 3 atom stereocenters. The summed E-state index contributed by atoms with van der Waals surface area (Å²) < 4.78 is 5.31. The van der Waals surface area contributed by atoms with Crippen molar-refractivity contribution in [2.45, 2.75) is 6.42 Å². The molecule has 1 aromatic carbocycles. The maximum atomic E-state index is 12.6. The lowest BCUT2D eigenvalue weighted by atomic mass is 10.0. The minimum Gasteiger partial charge on any atom is -0.381 e. The molecule has 5 heteroatoms. The Morgan fingerprint density at radius 3 is 2.64 bits per heavy atom. The molecule has 0 N–H and O–H groups in total. The minimum absolute atomic E-state index is 0.000782. The largest absolute Gasteiger partial charge is 0.381 e. The number of amides is 2. The number of rotatable bonds is 2. The Balaban J connectivity index is 1.45. The van der Waals surface area contributed by atoms with Gasteiger partial charge in [-0.05, 0) is 18.6 Å². The minimum atomic E-state index is -0.0357. The lowest BCUT2D eigenvalue weighted by Gasteiger charge is -2.23. The smallest absolute Gasteiger partial charge is 0.232 e. The number of hydrogen-bond donors (Lipinski definition) is 0. The van der Waals surface area contributed by atoms with Gasteiger partial charge in [0.1, 0.15) is 0 Å². The summed E-state index contributed by atoms with van der Waals surface area (Å²) in [4.78, 5) is 28.9. The Hall–Kier alpha value is -1.88. The van der Waals surface area contributed by atoms with Crippen LogP contribution in [0.25, 0.3) is 0 Å². The summed E-state index contributed by atoms with van der Waals surface area (Å²) in [6.07, 6.45) is 0.814. The molecule has 4 rings (SSSR count). The van der Waals surface area contributed by atoms with Crippen molar-refractivity contribution >= 4 is 17.5 Å². The zero-order valence-corrected chi connectivity index (χ0v) is 12.5. The number of nitrogens with zero attached hydrogens (tertiary/aromatic N) is 2. The molecule has 3 saturated heterocycles. The first kappa shape index (κ1) is 13.8. The molecular formula is C17H20N2O3. The Morgan fingerprint density at radius 1 is 1.14 bits per heavy atom. The highest BCUT2D eigenvalue weighted by molar-refractivity contribution is 5.98. The topological polar surface area (TPSA) is 49.9 Å². The molecule has 0 bridgehead atoms. The van der Waals surface area contributed by atoms with Crippen LogP contribution in [-0.4, -0.2) is 49.6 Å². The lowest BCUT2D eigenvalue weighted by molar-refractivity contribution is -0.134. The van der Waals surface area contributed by atoms with Crippen molar-refractivity contribution in [1.29, 1.82) is 0 Å². The molecule has 3 aliphatic heterocycles. The van der Waals surface area contributed by atoms with E-state index in [1.807, 2.05) is 40.1 Å². The van der Waals surface area contributed by atoms with Gasteiger partial charge in [-0.3, -0.25) is 9.59 Å². The first-order valence-electron chi connectivity index (χ1n) is 7.97. The number of anilines is 1. The average Bonchev–Trinajstić information content (AvgIpc) is 3.25. The number of hydrogen-bond acceptors (Lipinski definition) is 3. The molecule has 2 amide bonds. The third-order valence-electron chi connectivity index (χ3n) is 5.10. The summed E-state index contributed by atoms with van der Waals surface area (Å²) in [5.41, 5.74) is 0.962. The lowest BCUT2D eigenvalue weighted by Crippen LogP contribution is -2.38. The van der Waals surface area contributed by atoms with Gasteiger partial charge in [-0.15, -0.1) is 0 Å². The summed E-state index contributed by atoms with van der Waals surface area (Å²) in [7, 11) is 0. The van der Waals surface area contributed by atoms with Crippen molar-refractivity contribution in [3.63, 3.8) is 0 Å². The Morgan fingerprint density at radius 2 is 1.95 bits per heavy atom. The van der Waals surface area contributed by atoms with Gasteiger partial charge in [0.2, 0.25) is 11.8 Å². The van der Waals surface area contributed by atoms with Crippen LogP contribution in [0.4, 0.5) is 5.69 Å². The van der Waals surface area contributed by atoms with Gasteiger partial charge in [0, 0.05) is 37.8 Å². The number of carbonyl (C=O) groups excluding carboxylic acids is 2. The van der Waals surface area contributed by atoms with Gasteiger partial charge in [0.05, 0.1) is 18.4 Å². The van der Waals surface area contributed by atoms with Crippen LogP contribution in [0.15, 0.2) is 30.3 Å². The molecule has 22 heavy (non-hydrogen) atoms. The van der Waals surface area contributed by atoms with Crippen LogP contribution in [0.5, 0.6) is 0 Å². The molecule has 116 valence electrons. The van der Waals surface area contributed by atoms with E-state index < -0.39 is 0 Å². The van der Waals surface area contributed by atoms with E-state index in [1.165, 1.54) is 0 Å². The Labute approximate surface area is 129 Å². The van der Waals surface area contributed by atoms with Gasteiger partial charge in [-0.1, -0.05) is 18.2 Å². The molecule has 0 spiro atoms. The maximum Gasteiger partial charge on any atom is 0.232 e. The van der Waals surface area contributed by atoms with Gasteiger partial charge in [0.25, 0.3) is 0 Å². The molecular weight excluding hydrogens is 280 g/mol. The fraction of sp³-hybridized carbons (Fsp3) is 0.529. The van der Waals surface area contributed by atoms with E-state index in [0.717, 1.165) is 18.7 Å². The van der Waals surface area contributed by atoms with Crippen LogP contribution in [0.3, 0.4) is 0 Å². The molecule has 5 nitrogen and oxygen atoms in total. The second-order valence-electron chi connectivity index (χ2n) is 6.45. The number of ether oxygens (including phenoxy) is 1. The fourth-order valence-corrected chi connectivity index (χ4v) is 3.87. The van der Waals surface area contributed by atoms with Crippen LogP contribution >= 0.6 is 0 Å². The zero-order chi connectivity index (χ0) is 15.1. The van der Waals surface area contributed by atoms with E-state index in [4.69, 9.17) is 4.74 Å². The first-order chi connectivity index (χ1) is 10.7. The summed E-state index contributed by atoms with van der Waals surface area (Å²) in [6.45, 7) is 3.21. The third-order valence-corrected chi connectivity index (χ3v) is 5.10. The van der Waals surface area contributed by atoms with Gasteiger partial charge in [0.15, 0.2) is 0 Å². The predicted molar refractivity (Wildman–Crippen MR) is 81.3 cm³/mol. The molecule has 0 aliphatic carbocycles. The van der Waals surface area contributed by atoms with Crippen LogP contribution in [0.1, 0.15) is 6.42 Å². The Kier molecular flexibility index (Phi) is 3.37. The van der Waals surface area contributed by atoms with Crippen molar-refractivity contribution in [2.24, 2.45) is 17.8 Å². The van der Waals surface area contributed by atoms with Crippen LogP contribution in [0.2, 0.25) is 0 Å². The molecule has 0 unspecified atom stereocenters. The number of benzene rings is 1. The first-order valence-corrected chi connectivity index (χ1v) is 7.97. The quantitative estimate of drug-likeness (QED) is 0.823.